The van der Waals surface area contributed by atoms with Crippen LogP contribution in [0, 0.1) is 16.0 Å². The first-order valence-corrected chi connectivity index (χ1v) is 9.74. The predicted octanol–water partition coefficient (Wildman–Crippen LogP) is 4.61. The third-order valence-electron chi connectivity index (χ3n) is 5.59. The van der Waals surface area contributed by atoms with E-state index >= 15 is 0 Å². The molecule has 1 amide bonds. The molecule has 1 aliphatic rings. The molecule has 3 unspecified atom stereocenters. The Morgan fingerprint density at radius 2 is 1.69 bits per heavy atom. The molecule has 0 bridgehead atoms. The predicted molar refractivity (Wildman–Crippen MR) is 116 cm³/mol. The number of rotatable bonds is 6. The van der Waals surface area contributed by atoms with Crippen LogP contribution in [-0.4, -0.2) is 35.9 Å². The number of hydrogen-bond acceptors (Lipinski definition) is 4. The third kappa shape index (κ3) is 5.34. The van der Waals surface area contributed by atoms with E-state index in [-0.39, 0.29) is 46.9 Å². The van der Waals surface area contributed by atoms with Gasteiger partial charge in [-0.3, -0.25) is 14.9 Å². The zero-order valence-corrected chi connectivity index (χ0v) is 17.6. The molecule has 6 nitrogen and oxygen atoms in total. The molecule has 0 radical (unpaired) electrons. The van der Waals surface area contributed by atoms with Gasteiger partial charge in [0.1, 0.15) is 0 Å². The van der Waals surface area contributed by atoms with Gasteiger partial charge in [0, 0.05) is 29.3 Å². The number of carbonyl (C=O) groups excluding carboxylic acids is 1. The third-order valence-corrected chi connectivity index (χ3v) is 5.59. The first kappa shape index (κ1) is 22.8. The quantitative estimate of drug-likeness (QED) is 0.550. The molecule has 156 valence electrons. The van der Waals surface area contributed by atoms with Crippen LogP contribution in [0.15, 0.2) is 54.6 Å². The van der Waals surface area contributed by atoms with Crippen molar-refractivity contribution in [1.82, 2.24) is 10.2 Å². The lowest BCUT2D eigenvalue weighted by atomic mass is 9.76. The van der Waals surface area contributed by atoms with Crippen molar-refractivity contribution in [3.8, 4) is 0 Å². The first-order chi connectivity index (χ1) is 13.5. The molecule has 29 heavy (non-hydrogen) atoms. The number of nitro groups is 1. The number of nitrogens with one attached hydrogen (secondary N) is 1. The van der Waals surface area contributed by atoms with Gasteiger partial charge in [0.2, 0.25) is 0 Å². The summed E-state index contributed by atoms with van der Waals surface area (Å²) in [5.74, 6) is 0.0232. The number of nitrogens with zero attached hydrogens (tertiary/aromatic N) is 2. The molecular formula is C22H28ClN3O3. The van der Waals surface area contributed by atoms with E-state index in [1.54, 1.807) is 24.3 Å². The van der Waals surface area contributed by atoms with Crippen molar-refractivity contribution in [1.29, 1.82) is 0 Å². The van der Waals surface area contributed by atoms with Crippen LogP contribution in [0.3, 0.4) is 0 Å². The normalized spacial score (nSPS) is 19.8. The Balaban J connectivity index is 0.00000300. The van der Waals surface area contributed by atoms with Crippen LogP contribution >= 0.6 is 12.4 Å². The Hall–Kier alpha value is -2.44. The molecule has 0 aliphatic heterocycles. The number of hydrogen-bond donors (Lipinski definition) is 1. The molecule has 2 aromatic rings. The Morgan fingerprint density at radius 1 is 1.07 bits per heavy atom. The second-order valence-electron chi connectivity index (χ2n) is 7.62. The van der Waals surface area contributed by atoms with Gasteiger partial charge in [-0.1, -0.05) is 49.2 Å². The van der Waals surface area contributed by atoms with Crippen molar-refractivity contribution >= 4 is 24.0 Å². The molecule has 1 fully saturated rings. The summed E-state index contributed by atoms with van der Waals surface area (Å²) in [6.45, 7) is 0. The largest absolute Gasteiger partial charge is 0.349 e. The minimum atomic E-state index is -0.313. The lowest BCUT2D eigenvalue weighted by Gasteiger charge is -2.40. The van der Waals surface area contributed by atoms with Crippen LogP contribution in [0.4, 0.5) is 5.69 Å². The van der Waals surface area contributed by atoms with Crippen LogP contribution < -0.4 is 5.32 Å². The maximum atomic E-state index is 12.7. The molecule has 0 aromatic heterocycles. The molecule has 2 aromatic carbocycles. The summed E-state index contributed by atoms with van der Waals surface area (Å²) in [5, 5.41) is 14.8. The van der Waals surface area contributed by atoms with Gasteiger partial charge in [-0.05, 0) is 45.0 Å². The summed E-state index contributed by atoms with van der Waals surface area (Å²) in [7, 11) is 3.90. The maximum Gasteiger partial charge on any atom is 0.274 e. The second kappa shape index (κ2) is 10.4. The molecule has 1 saturated carbocycles. The summed E-state index contributed by atoms with van der Waals surface area (Å²) < 4.78 is 0. The molecular weight excluding hydrogens is 390 g/mol. The Kier molecular flexibility index (Phi) is 8.17. The summed E-state index contributed by atoms with van der Waals surface area (Å²) >= 11 is 0. The van der Waals surface area contributed by atoms with Crippen LogP contribution in [0.2, 0.25) is 0 Å². The van der Waals surface area contributed by atoms with Crippen molar-refractivity contribution in [2.75, 3.05) is 14.1 Å². The van der Waals surface area contributed by atoms with E-state index in [0.717, 1.165) is 25.7 Å². The van der Waals surface area contributed by atoms with E-state index in [9.17, 15) is 14.9 Å². The minimum absolute atomic E-state index is 0. The highest BCUT2D eigenvalue weighted by molar-refractivity contribution is 5.94. The van der Waals surface area contributed by atoms with Crippen molar-refractivity contribution in [3.63, 3.8) is 0 Å². The van der Waals surface area contributed by atoms with E-state index in [1.807, 2.05) is 49.3 Å². The number of amides is 1. The highest BCUT2D eigenvalue weighted by Gasteiger charge is 2.37. The Morgan fingerprint density at radius 3 is 2.34 bits per heavy atom. The van der Waals surface area contributed by atoms with Crippen molar-refractivity contribution in [2.45, 2.75) is 37.8 Å². The fourth-order valence-electron chi connectivity index (χ4n) is 4.35. The summed E-state index contributed by atoms with van der Waals surface area (Å²) in [6, 6.07) is 16.0. The van der Waals surface area contributed by atoms with E-state index in [4.69, 9.17) is 0 Å². The highest BCUT2D eigenvalue weighted by atomic mass is 35.5. The topological polar surface area (TPSA) is 75.5 Å². The molecule has 1 aliphatic carbocycles. The molecule has 0 heterocycles. The summed E-state index contributed by atoms with van der Waals surface area (Å²) in [4.78, 5) is 26.1. The van der Waals surface area contributed by atoms with Gasteiger partial charge in [-0.15, -0.1) is 12.4 Å². The highest BCUT2D eigenvalue weighted by Crippen LogP contribution is 2.40. The lowest BCUT2D eigenvalue weighted by molar-refractivity contribution is -0.386. The van der Waals surface area contributed by atoms with Crippen molar-refractivity contribution < 1.29 is 9.72 Å². The minimum Gasteiger partial charge on any atom is -0.349 e. The number of benzene rings is 2. The average Bonchev–Trinajstić information content (AvgIpc) is 2.70. The zero-order chi connectivity index (χ0) is 20.1. The van der Waals surface area contributed by atoms with Gasteiger partial charge in [-0.2, -0.15) is 0 Å². The SMILES string of the molecule is CN(C)C(c1ccccc1[N+](=O)[O-])C1CCCCC1NC(=O)c1ccccc1.Cl. The number of nitro benzene ring substituents is 1. The number of carbonyl (C=O) groups is 1. The number of halogens is 1. The van der Waals surface area contributed by atoms with Gasteiger partial charge in [0.05, 0.1) is 4.92 Å². The fraction of sp³-hybridized carbons (Fsp3) is 0.409. The van der Waals surface area contributed by atoms with E-state index in [2.05, 4.69) is 5.32 Å². The smallest absolute Gasteiger partial charge is 0.274 e. The molecule has 1 N–H and O–H groups in total. The second-order valence-corrected chi connectivity index (χ2v) is 7.62. The van der Waals surface area contributed by atoms with Gasteiger partial charge in [0.15, 0.2) is 0 Å². The lowest BCUT2D eigenvalue weighted by Crippen LogP contribution is -2.47. The van der Waals surface area contributed by atoms with Gasteiger partial charge in [-0.25, -0.2) is 0 Å². The fourth-order valence-corrected chi connectivity index (χ4v) is 4.35. The van der Waals surface area contributed by atoms with E-state index in [1.165, 1.54) is 0 Å². The van der Waals surface area contributed by atoms with Crippen LogP contribution in [0.5, 0.6) is 0 Å². The summed E-state index contributed by atoms with van der Waals surface area (Å²) in [6.07, 6.45) is 3.92. The molecule has 3 atom stereocenters. The van der Waals surface area contributed by atoms with Gasteiger partial charge in [0.25, 0.3) is 11.6 Å². The Labute approximate surface area is 177 Å². The standard InChI is InChI=1S/C22H27N3O3.ClH/c1-24(2)21(18-13-7-9-15-20(18)25(27)28)17-12-6-8-14-19(17)23-22(26)16-10-4-3-5-11-16;/h3-5,7,9-11,13,15,17,19,21H,6,8,12,14H2,1-2H3,(H,23,26);1H. The van der Waals surface area contributed by atoms with E-state index in [0.29, 0.717) is 11.1 Å². The average molecular weight is 418 g/mol. The summed E-state index contributed by atoms with van der Waals surface area (Å²) in [5.41, 5.74) is 1.49. The molecule has 0 saturated heterocycles. The van der Waals surface area contributed by atoms with Gasteiger partial charge < -0.3 is 10.2 Å². The van der Waals surface area contributed by atoms with E-state index < -0.39 is 0 Å². The van der Waals surface area contributed by atoms with Crippen LogP contribution in [0.1, 0.15) is 47.6 Å². The zero-order valence-electron chi connectivity index (χ0n) is 16.8. The van der Waals surface area contributed by atoms with Crippen LogP contribution in [0.25, 0.3) is 0 Å². The van der Waals surface area contributed by atoms with Gasteiger partial charge >= 0.3 is 0 Å². The Bertz CT molecular complexity index is 829. The molecule has 0 spiro atoms. The molecule has 7 heteroatoms. The molecule has 3 rings (SSSR count). The monoisotopic (exact) mass is 417 g/mol. The van der Waals surface area contributed by atoms with Crippen molar-refractivity contribution in [2.24, 2.45) is 5.92 Å². The maximum absolute atomic E-state index is 12.7. The van der Waals surface area contributed by atoms with Crippen molar-refractivity contribution in [3.05, 3.63) is 75.8 Å². The first-order valence-electron chi connectivity index (χ1n) is 9.74. The number of para-hydroxylation sites is 1. The van der Waals surface area contributed by atoms with Crippen LogP contribution in [-0.2, 0) is 0 Å².